The number of nitrogens with zero attached hydrogens (tertiary/aromatic N) is 3. The van der Waals surface area contributed by atoms with Crippen LogP contribution in [0, 0.1) is 56.2 Å². The van der Waals surface area contributed by atoms with E-state index in [1.54, 1.807) is 31.1 Å². The quantitative estimate of drug-likeness (QED) is 0.204. The van der Waals surface area contributed by atoms with E-state index in [4.69, 9.17) is 4.74 Å². The molecule has 9 atom stereocenters. The molecule has 0 bridgehead atoms. The second-order valence-electron chi connectivity index (χ2n) is 21.4. The number of ether oxygens (including phenoxy) is 1. The number of fused-ring (bicyclic) bond motifs is 7. The summed E-state index contributed by atoms with van der Waals surface area (Å²) < 4.78 is 6.18. The average Bonchev–Trinajstić information content (AvgIpc) is 3.42. The number of allylic oxidation sites excluding steroid dienone is 1. The number of aliphatic hydroxyl groups is 1. The lowest BCUT2D eigenvalue weighted by molar-refractivity contribution is -0.235. The van der Waals surface area contributed by atoms with Crippen molar-refractivity contribution in [3.63, 3.8) is 0 Å². The van der Waals surface area contributed by atoms with Gasteiger partial charge in [0.25, 0.3) is 0 Å². The standard InChI is InChI=1S/C47H71N3O7/c1-29(2)39-32(51)23-47(35(52)27-50(37(53)28-49(10)11)26-30-13-12-22-48-25-30)21-20-45(8)31(40(39)47)14-15-34-44(7)18-17-36(57-38(54)24-42(3,4)41(55)56)43(5,6)33(44)16-19-46(34,45)9/h12-13,22,25,29,31,33-36,52H,14-21,23-24,26-28H2,1-11H3,(H,55,56). The molecule has 0 spiro atoms. The third kappa shape index (κ3) is 7.20. The molecule has 10 heteroatoms. The molecule has 1 aromatic heterocycles. The van der Waals surface area contributed by atoms with Crippen LogP contribution in [0.1, 0.15) is 132 Å². The summed E-state index contributed by atoms with van der Waals surface area (Å²) in [5.41, 5.74) is 0.737. The maximum Gasteiger partial charge on any atom is 0.309 e. The van der Waals surface area contributed by atoms with Crippen LogP contribution in [-0.2, 0) is 30.5 Å². The molecule has 1 amide bonds. The monoisotopic (exact) mass is 790 g/mol. The van der Waals surface area contributed by atoms with Crippen molar-refractivity contribution in [1.82, 2.24) is 14.8 Å². The van der Waals surface area contributed by atoms with Crippen LogP contribution in [0.25, 0.3) is 0 Å². The molecule has 2 N–H and O–H groups in total. The number of hydrogen-bond donors (Lipinski definition) is 2. The van der Waals surface area contributed by atoms with Gasteiger partial charge in [0.05, 0.1) is 24.5 Å². The summed E-state index contributed by atoms with van der Waals surface area (Å²) in [5.74, 6) is -0.398. The molecule has 0 saturated heterocycles. The van der Waals surface area contributed by atoms with E-state index in [0.717, 1.165) is 56.1 Å². The van der Waals surface area contributed by atoms with Crippen molar-refractivity contribution in [3.05, 3.63) is 41.2 Å². The first-order chi connectivity index (χ1) is 26.4. The molecule has 5 aliphatic carbocycles. The normalized spacial score (nSPS) is 35.2. The van der Waals surface area contributed by atoms with Gasteiger partial charge in [0, 0.05) is 42.7 Å². The highest BCUT2D eigenvalue weighted by Crippen LogP contribution is 2.77. The molecule has 1 heterocycles. The Morgan fingerprint density at radius 2 is 1.67 bits per heavy atom. The Labute approximate surface area is 341 Å². The maximum absolute atomic E-state index is 14.3. The number of esters is 1. The Kier molecular flexibility index (Phi) is 11.6. The summed E-state index contributed by atoms with van der Waals surface area (Å²) >= 11 is 0. The minimum absolute atomic E-state index is 0.0157. The topological polar surface area (TPSA) is 137 Å². The number of carboxylic acid groups (broad SMARTS) is 1. The number of rotatable bonds is 12. The summed E-state index contributed by atoms with van der Waals surface area (Å²) in [6, 6.07) is 3.82. The van der Waals surface area contributed by atoms with Gasteiger partial charge in [0.1, 0.15) is 6.10 Å². The molecule has 10 nitrogen and oxygen atoms in total. The van der Waals surface area contributed by atoms with Crippen molar-refractivity contribution < 1.29 is 34.1 Å². The van der Waals surface area contributed by atoms with Crippen molar-refractivity contribution in [3.8, 4) is 0 Å². The fourth-order valence-electron chi connectivity index (χ4n) is 13.6. The van der Waals surface area contributed by atoms with Gasteiger partial charge in [0.2, 0.25) is 5.91 Å². The minimum atomic E-state index is -1.18. The van der Waals surface area contributed by atoms with E-state index in [-0.39, 0.29) is 70.8 Å². The number of aromatic nitrogens is 1. The SMILES string of the molecule is CC(C)C1=C2C3CCC4C5(C)CCC(OC(=O)CC(C)(C)C(=O)O)C(C)(C)C5CCC4(C)C3(C)CCC2(C(O)CN(Cc2cccnc2)C(=O)CN(C)C)CC1=O. The Morgan fingerprint density at radius 1 is 0.965 bits per heavy atom. The summed E-state index contributed by atoms with van der Waals surface area (Å²) in [5, 5.41) is 22.3. The van der Waals surface area contributed by atoms with E-state index < -0.39 is 28.9 Å². The lowest BCUT2D eigenvalue weighted by atomic mass is 9.33. The average molecular weight is 790 g/mol. The Morgan fingerprint density at radius 3 is 2.28 bits per heavy atom. The van der Waals surface area contributed by atoms with Crippen LogP contribution in [-0.4, -0.2) is 88.0 Å². The van der Waals surface area contributed by atoms with Crippen LogP contribution in [0.2, 0.25) is 0 Å². The predicted octanol–water partition coefficient (Wildman–Crippen LogP) is 7.73. The van der Waals surface area contributed by atoms with Gasteiger partial charge < -0.3 is 24.7 Å². The van der Waals surface area contributed by atoms with Gasteiger partial charge in [-0.25, -0.2) is 0 Å². The number of carboxylic acids is 1. The Balaban J connectivity index is 1.30. The zero-order valence-corrected chi connectivity index (χ0v) is 36.7. The van der Waals surface area contributed by atoms with Crippen LogP contribution < -0.4 is 0 Å². The zero-order valence-electron chi connectivity index (χ0n) is 36.7. The van der Waals surface area contributed by atoms with Crippen molar-refractivity contribution in [2.75, 3.05) is 27.2 Å². The largest absolute Gasteiger partial charge is 0.481 e. The van der Waals surface area contributed by atoms with Gasteiger partial charge in [-0.2, -0.15) is 0 Å². The van der Waals surface area contributed by atoms with E-state index >= 15 is 0 Å². The number of pyridine rings is 1. The fraction of sp³-hybridized carbons (Fsp3) is 0.766. The predicted molar refractivity (Wildman–Crippen MR) is 220 cm³/mol. The first-order valence-corrected chi connectivity index (χ1v) is 21.6. The molecule has 6 rings (SSSR count). The van der Waals surface area contributed by atoms with Gasteiger partial charge in [-0.05, 0) is 136 Å². The maximum atomic E-state index is 14.3. The molecular formula is C47H71N3O7. The van der Waals surface area contributed by atoms with Gasteiger partial charge in [0.15, 0.2) is 5.78 Å². The first kappa shape index (κ1) is 43.5. The van der Waals surface area contributed by atoms with Crippen LogP contribution in [0.3, 0.4) is 0 Å². The van der Waals surface area contributed by atoms with Crippen LogP contribution in [0.15, 0.2) is 35.7 Å². The van der Waals surface area contributed by atoms with E-state index in [2.05, 4.69) is 53.5 Å². The van der Waals surface area contributed by atoms with E-state index in [9.17, 15) is 29.4 Å². The number of Topliss-reactive ketones (excluding diaryl/α,β-unsaturated/α-hetero) is 1. The third-order valence-electron chi connectivity index (χ3n) is 16.8. The highest BCUT2D eigenvalue weighted by atomic mass is 16.5. The summed E-state index contributed by atoms with van der Waals surface area (Å²) in [7, 11) is 3.75. The zero-order chi connectivity index (χ0) is 42.1. The number of ketones is 1. The number of carbonyl (C=O) groups excluding carboxylic acids is 3. The molecule has 0 aliphatic heterocycles. The third-order valence-corrected chi connectivity index (χ3v) is 16.8. The highest BCUT2D eigenvalue weighted by molar-refractivity contribution is 6.00. The molecule has 4 saturated carbocycles. The molecule has 1 aromatic rings. The number of likely N-dealkylation sites (N-methyl/N-ethyl adjacent to an activating group) is 1. The molecule has 0 aromatic carbocycles. The Hall–Kier alpha value is -3.11. The molecular weight excluding hydrogens is 719 g/mol. The number of hydrogen-bond acceptors (Lipinski definition) is 8. The van der Waals surface area contributed by atoms with Gasteiger partial charge in [-0.3, -0.25) is 24.2 Å². The first-order valence-electron chi connectivity index (χ1n) is 21.6. The molecule has 9 unspecified atom stereocenters. The minimum Gasteiger partial charge on any atom is -0.481 e. The van der Waals surface area contributed by atoms with Crippen LogP contribution in [0.4, 0.5) is 0 Å². The van der Waals surface area contributed by atoms with Gasteiger partial charge >= 0.3 is 11.9 Å². The lowest BCUT2D eigenvalue weighted by Gasteiger charge is -2.72. The number of amides is 1. The molecule has 0 radical (unpaired) electrons. The molecule has 5 aliphatic rings. The van der Waals surface area contributed by atoms with Crippen molar-refractivity contribution >= 4 is 23.6 Å². The van der Waals surface area contributed by atoms with Crippen LogP contribution >= 0.6 is 0 Å². The number of aliphatic hydroxyl groups excluding tert-OH is 1. The fourth-order valence-corrected chi connectivity index (χ4v) is 13.6. The van der Waals surface area contributed by atoms with E-state index in [0.29, 0.717) is 31.2 Å². The van der Waals surface area contributed by atoms with E-state index in [1.807, 2.05) is 31.1 Å². The summed E-state index contributed by atoms with van der Waals surface area (Å²) in [6.07, 6.45) is 9.80. The smallest absolute Gasteiger partial charge is 0.309 e. The number of carbonyl (C=O) groups is 4. The molecule has 316 valence electrons. The summed E-state index contributed by atoms with van der Waals surface area (Å²) in [4.78, 5) is 60.9. The second-order valence-corrected chi connectivity index (χ2v) is 21.4. The van der Waals surface area contributed by atoms with Crippen LogP contribution in [0.5, 0.6) is 0 Å². The lowest BCUT2D eigenvalue weighted by Crippen LogP contribution is -2.66. The van der Waals surface area contributed by atoms with Crippen molar-refractivity contribution in [2.45, 2.75) is 145 Å². The summed E-state index contributed by atoms with van der Waals surface area (Å²) in [6.45, 7) is 20.1. The van der Waals surface area contributed by atoms with Crippen molar-refractivity contribution in [2.24, 2.45) is 56.2 Å². The van der Waals surface area contributed by atoms with Gasteiger partial charge in [-0.15, -0.1) is 0 Å². The van der Waals surface area contributed by atoms with Crippen molar-refractivity contribution in [1.29, 1.82) is 0 Å². The second kappa shape index (κ2) is 15.2. The van der Waals surface area contributed by atoms with Gasteiger partial charge in [-0.1, -0.05) is 60.1 Å². The molecule has 4 fully saturated rings. The molecule has 57 heavy (non-hydrogen) atoms. The number of aliphatic carboxylic acids is 1. The Bertz CT molecular complexity index is 1770. The van der Waals surface area contributed by atoms with E-state index in [1.165, 1.54) is 5.57 Å². The highest BCUT2D eigenvalue weighted by Gasteiger charge is 2.71.